The van der Waals surface area contributed by atoms with E-state index in [1.54, 1.807) is 6.07 Å². The summed E-state index contributed by atoms with van der Waals surface area (Å²) in [7, 11) is 1.45. The van der Waals surface area contributed by atoms with Gasteiger partial charge in [0.25, 0.3) is 0 Å². The molecule has 0 spiro atoms. The molecule has 110 valence electrons. The lowest BCUT2D eigenvalue weighted by molar-refractivity contribution is -0.384. The number of aliphatic hydroxyl groups is 1. The Balaban J connectivity index is 2.19. The van der Waals surface area contributed by atoms with Gasteiger partial charge < -0.3 is 15.2 Å². The molecule has 1 aromatic carbocycles. The first-order valence-electron chi connectivity index (χ1n) is 6.26. The Labute approximate surface area is 121 Å². The Kier molecular flexibility index (Phi) is 4.68. The van der Waals surface area contributed by atoms with Crippen LogP contribution in [0.5, 0.6) is 5.88 Å². The molecule has 0 aliphatic rings. The zero-order valence-corrected chi connectivity index (χ0v) is 11.4. The molecule has 0 atom stereocenters. The molecule has 0 saturated carbocycles. The van der Waals surface area contributed by atoms with Crippen LogP contribution in [0.1, 0.15) is 11.1 Å². The second kappa shape index (κ2) is 6.67. The van der Waals surface area contributed by atoms with E-state index in [1.807, 2.05) is 18.2 Å². The molecule has 0 saturated heterocycles. The van der Waals surface area contributed by atoms with E-state index in [0.29, 0.717) is 12.4 Å². The number of hydrogen-bond donors (Lipinski definition) is 2. The number of ether oxygens (including phenoxy) is 1. The number of anilines is 1. The maximum atomic E-state index is 11.0. The number of pyridine rings is 1. The third-order valence-electron chi connectivity index (χ3n) is 2.89. The van der Waals surface area contributed by atoms with Crippen LogP contribution in [0.25, 0.3) is 0 Å². The van der Waals surface area contributed by atoms with Gasteiger partial charge in [-0.25, -0.2) is 0 Å². The summed E-state index contributed by atoms with van der Waals surface area (Å²) in [5.41, 5.74) is 1.55. The van der Waals surface area contributed by atoms with Gasteiger partial charge in [-0.05, 0) is 11.1 Å². The van der Waals surface area contributed by atoms with Gasteiger partial charge in [0.1, 0.15) is 0 Å². The highest BCUT2D eigenvalue weighted by Gasteiger charge is 2.16. The van der Waals surface area contributed by atoms with E-state index in [-0.39, 0.29) is 18.1 Å². The summed E-state index contributed by atoms with van der Waals surface area (Å²) in [6.45, 7) is 0.306. The van der Waals surface area contributed by atoms with Crippen molar-refractivity contribution in [3.8, 4) is 5.88 Å². The number of rotatable bonds is 6. The van der Waals surface area contributed by atoms with Crippen LogP contribution in [-0.2, 0) is 13.2 Å². The van der Waals surface area contributed by atoms with Crippen molar-refractivity contribution in [3.05, 3.63) is 57.6 Å². The molecule has 2 N–H and O–H groups in total. The lowest BCUT2D eigenvalue weighted by atomic mass is 10.1. The van der Waals surface area contributed by atoms with Crippen molar-refractivity contribution in [2.75, 3.05) is 12.4 Å². The monoisotopic (exact) mass is 289 g/mol. The molecule has 1 aromatic heterocycles. The van der Waals surface area contributed by atoms with E-state index >= 15 is 0 Å². The van der Waals surface area contributed by atoms with Crippen LogP contribution in [-0.4, -0.2) is 22.1 Å². The number of aromatic nitrogens is 1. The molecule has 0 unspecified atom stereocenters. The van der Waals surface area contributed by atoms with Crippen LogP contribution in [0.4, 0.5) is 11.5 Å². The third-order valence-corrected chi connectivity index (χ3v) is 2.89. The fourth-order valence-corrected chi connectivity index (χ4v) is 1.85. The molecular weight excluding hydrogens is 274 g/mol. The molecule has 2 aromatic rings. The van der Waals surface area contributed by atoms with Gasteiger partial charge in [0.05, 0.1) is 18.6 Å². The normalized spacial score (nSPS) is 10.2. The molecule has 2 rings (SSSR count). The van der Waals surface area contributed by atoms with Gasteiger partial charge in [-0.1, -0.05) is 24.3 Å². The fourth-order valence-electron chi connectivity index (χ4n) is 1.85. The van der Waals surface area contributed by atoms with Crippen molar-refractivity contribution in [2.24, 2.45) is 0 Å². The van der Waals surface area contributed by atoms with Crippen molar-refractivity contribution in [3.63, 3.8) is 0 Å². The molecule has 0 aliphatic carbocycles. The summed E-state index contributed by atoms with van der Waals surface area (Å²) in [6.07, 6.45) is 0. The number of hydrogen-bond acceptors (Lipinski definition) is 6. The van der Waals surface area contributed by atoms with Crippen LogP contribution in [0.2, 0.25) is 0 Å². The molecule has 7 nitrogen and oxygen atoms in total. The first-order valence-corrected chi connectivity index (χ1v) is 6.26. The van der Waals surface area contributed by atoms with E-state index in [2.05, 4.69) is 10.3 Å². The standard InChI is InChI=1S/C14H15N3O4/c1-21-13-6-5-12(17(19)20)14(16-13)15-8-10-3-2-4-11(7-10)9-18/h2-7,18H,8-9H2,1H3,(H,15,16). The van der Waals surface area contributed by atoms with Gasteiger partial charge in [0.15, 0.2) is 0 Å². The predicted octanol–water partition coefficient (Wildman–Crippen LogP) is 2.10. The zero-order chi connectivity index (χ0) is 15.2. The summed E-state index contributed by atoms with van der Waals surface area (Å²) < 4.78 is 4.97. The van der Waals surface area contributed by atoms with Gasteiger partial charge in [-0.15, -0.1) is 0 Å². The minimum Gasteiger partial charge on any atom is -0.481 e. The number of nitrogens with one attached hydrogen (secondary N) is 1. The van der Waals surface area contributed by atoms with Crippen LogP contribution in [0.15, 0.2) is 36.4 Å². The van der Waals surface area contributed by atoms with Gasteiger partial charge in [0, 0.05) is 18.7 Å². The maximum Gasteiger partial charge on any atom is 0.311 e. The van der Waals surface area contributed by atoms with Crippen molar-refractivity contribution in [1.82, 2.24) is 4.98 Å². The highest BCUT2D eigenvalue weighted by Crippen LogP contribution is 2.25. The fraction of sp³-hybridized carbons (Fsp3) is 0.214. The predicted molar refractivity (Wildman–Crippen MR) is 77.1 cm³/mol. The number of benzene rings is 1. The van der Waals surface area contributed by atoms with E-state index in [4.69, 9.17) is 9.84 Å². The van der Waals surface area contributed by atoms with Crippen molar-refractivity contribution >= 4 is 11.5 Å². The largest absolute Gasteiger partial charge is 0.481 e. The molecule has 21 heavy (non-hydrogen) atoms. The second-order valence-electron chi connectivity index (χ2n) is 4.31. The lowest BCUT2D eigenvalue weighted by Gasteiger charge is -2.08. The molecular formula is C14H15N3O4. The SMILES string of the molecule is COc1ccc([N+](=O)[O-])c(NCc2cccc(CO)c2)n1. The van der Waals surface area contributed by atoms with E-state index < -0.39 is 4.92 Å². The Bertz CT molecular complexity index is 646. The average Bonchev–Trinajstić information content (AvgIpc) is 2.52. The quantitative estimate of drug-likeness (QED) is 0.624. The summed E-state index contributed by atoms with van der Waals surface area (Å²) in [5.74, 6) is 0.445. The summed E-state index contributed by atoms with van der Waals surface area (Å²) in [6, 6.07) is 10.1. The Morgan fingerprint density at radius 2 is 2.10 bits per heavy atom. The van der Waals surface area contributed by atoms with Crippen molar-refractivity contribution < 1.29 is 14.8 Å². The first kappa shape index (κ1) is 14.7. The second-order valence-corrected chi connectivity index (χ2v) is 4.31. The number of nitro groups is 1. The van der Waals surface area contributed by atoms with Gasteiger partial charge in [0.2, 0.25) is 11.7 Å². The summed E-state index contributed by atoms with van der Waals surface area (Å²) in [4.78, 5) is 14.5. The third kappa shape index (κ3) is 3.67. The molecule has 0 radical (unpaired) electrons. The average molecular weight is 289 g/mol. The minimum absolute atomic E-state index is 0.0502. The molecule has 0 bridgehead atoms. The topological polar surface area (TPSA) is 97.5 Å². The molecule has 0 aliphatic heterocycles. The van der Waals surface area contributed by atoms with E-state index in [0.717, 1.165) is 11.1 Å². The molecule has 0 amide bonds. The Morgan fingerprint density at radius 3 is 2.76 bits per heavy atom. The van der Waals surface area contributed by atoms with Crippen LogP contribution < -0.4 is 10.1 Å². The highest BCUT2D eigenvalue weighted by molar-refractivity contribution is 5.57. The van der Waals surface area contributed by atoms with Gasteiger partial charge >= 0.3 is 5.69 Å². The highest BCUT2D eigenvalue weighted by atomic mass is 16.6. The minimum atomic E-state index is -0.501. The number of methoxy groups -OCH3 is 1. The summed E-state index contributed by atoms with van der Waals surface area (Å²) in [5, 5.41) is 23.0. The molecule has 7 heteroatoms. The zero-order valence-electron chi connectivity index (χ0n) is 11.4. The van der Waals surface area contributed by atoms with Crippen molar-refractivity contribution in [1.29, 1.82) is 0 Å². The van der Waals surface area contributed by atoms with Crippen LogP contribution >= 0.6 is 0 Å². The van der Waals surface area contributed by atoms with Gasteiger partial charge in [-0.2, -0.15) is 4.98 Å². The van der Waals surface area contributed by atoms with E-state index in [1.165, 1.54) is 19.2 Å². The van der Waals surface area contributed by atoms with Crippen LogP contribution in [0.3, 0.4) is 0 Å². The van der Waals surface area contributed by atoms with Crippen molar-refractivity contribution in [2.45, 2.75) is 13.2 Å². The van der Waals surface area contributed by atoms with E-state index in [9.17, 15) is 10.1 Å². The number of nitrogens with zero attached hydrogens (tertiary/aromatic N) is 2. The Hall–Kier alpha value is -2.67. The smallest absolute Gasteiger partial charge is 0.311 e. The first-order chi connectivity index (χ1) is 10.1. The van der Waals surface area contributed by atoms with Crippen LogP contribution in [0, 0.1) is 10.1 Å². The summed E-state index contributed by atoms with van der Waals surface area (Å²) >= 11 is 0. The Morgan fingerprint density at radius 1 is 1.33 bits per heavy atom. The lowest BCUT2D eigenvalue weighted by Crippen LogP contribution is -2.05. The number of aliphatic hydroxyl groups excluding tert-OH is 1. The van der Waals surface area contributed by atoms with Gasteiger partial charge in [-0.3, -0.25) is 10.1 Å². The molecule has 1 heterocycles. The maximum absolute atomic E-state index is 11.0. The molecule has 0 fully saturated rings.